The van der Waals surface area contributed by atoms with E-state index in [0.29, 0.717) is 5.92 Å². The lowest BCUT2D eigenvalue weighted by molar-refractivity contribution is 0.118. The first-order valence-corrected chi connectivity index (χ1v) is 7.13. The van der Waals surface area contributed by atoms with Crippen molar-refractivity contribution >= 4 is 5.69 Å². The summed E-state index contributed by atoms with van der Waals surface area (Å²) in [5.74, 6) is 0.614. The van der Waals surface area contributed by atoms with Gasteiger partial charge in [0.25, 0.3) is 0 Å². The molecular formula is C16H27NO. The van der Waals surface area contributed by atoms with Gasteiger partial charge in [0.05, 0.1) is 6.61 Å². The molecule has 0 bridgehead atoms. The van der Waals surface area contributed by atoms with Gasteiger partial charge in [-0.05, 0) is 36.5 Å². The van der Waals surface area contributed by atoms with E-state index in [1.807, 2.05) is 0 Å². The number of hydrogen-bond acceptors (Lipinski definition) is 2. The number of hydrogen-bond donors (Lipinski definition) is 1. The van der Waals surface area contributed by atoms with E-state index in [1.165, 1.54) is 30.5 Å². The molecule has 0 aliphatic carbocycles. The average molecular weight is 249 g/mol. The maximum atomic E-state index is 5.53. The Morgan fingerprint density at radius 1 is 1.17 bits per heavy atom. The van der Waals surface area contributed by atoms with Gasteiger partial charge in [-0.25, -0.2) is 0 Å². The van der Waals surface area contributed by atoms with Crippen molar-refractivity contribution in [1.82, 2.24) is 0 Å². The van der Waals surface area contributed by atoms with Crippen LogP contribution in [0, 0.1) is 5.92 Å². The number of anilines is 1. The van der Waals surface area contributed by atoms with Crippen LogP contribution in [-0.4, -0.2) is 19.8 Å². The second-order valence-electron chi connectivity index (χ2n) is 5.20. The van der Waals surface area contributed by atoms with Gasteiger partial charge >= 0.3 is 0 Å². The van der Waals surface area contributed by atoms with Crippen LogP contribution in [0.5, 0.6) is 0 Å². The molecule has 0 aliphatic heterocycles. The van der Waals surface area contributed by atoms with Gasteiger partial charge in [-0.1, -0.05) is 39.3 Å². The minimum atomic E-state index is 0.614. The summed E-state index contributed by atoms with van der Waals surface area (Å²) in [6.45, 7) is 9.06. The third kappa shape index (κ3) is 6.65. The molecule has 0 aromatic heterocycles. The predicted molar refractivity (Wildman–Crippen MR) is 79.2 cm³/mol. The fourth-order valence-corrected chi connectivity index (χ4v) is 1.76. The van der Waals surface area contributed by atoms with Crippen molar-refractivity contribution in [2.45, 2.75) is 40.0 Å². The highest BCUT2D eigenvalue weighted by Crippen LogP contribution is 2.11. The van der Waals surface area contributed by atoms with E-state index in [-0.39, 0.29) is 0 Å². The molecule has 0 spiro atoms. The average Bonchev–Trinajstić information content (AvgIpc) is 2.37. The number of unbranched alkanes of at least 4 members (excludes halogenated alkanes) is 1. The quantitative estimate of drug-likeness (QED) is 0.665. The molecule has 1 aromatic rings. The minimum Gasteiger partial charge on any atom is -0.383 e. The van der Waals surface area contributed by atoms with E-state index >= 15 is 0 Å². The van der Waals surface area contributed by atoms with Crippen LogP contribution in [-0.2, 0) is 11.2 Å². The molecule has 18 heavy (non-hydrogen) atoms. The molecule has 1 aromatic carbocycles. The first-order chi connectivity index (χ1) is 8.72. The fraction of sp³-hybridized carbons (Fsp3) is 0.625. The number of nitrogens with one attached hydrogen (secondary N) is 1. The minimum absolute atomic E-state index is 0.614. The third-order valence-corrected chi connectivity index (χ3v) is 2.80. The zero-order valence-electron chi connectivity index (χ0n) is 12.0. The van der Waals surface area contributed by atoms with Crippen molar-refractivity contribution in [3.05, 3.63) is 29.8 Å². The van der Waals surface area contributed by atoms with Crippen LogP contribution in [0.25, 0.3) is 0 Å². The molecule has 102 valence electrons. The molecule has 0 saturated carbocycles. The maximum Gasteiger partial charge on any atom is 0.0639 e. The van der Waals surface area contributed by atoms with E-state index in [4.69, 9.17) is 4.74 Å². The lowest BCUT2D eigenvalue weighted by Crippen LogP contribution is -2.12. The molecule has 0 amide bonds. The van der Waals surface area contributed by atoms with Crippen LogP contribution in [0.15, 0.2) is 24.3 Å². The van der Waals surface area contributed by atoms with Crippen LogP contribution in [0.2, 0.25) is 0 Å². The normalized spacial score (nSPS) is 10.9. The predicted octanol–water partition coefficient (Wildman–Crippen LogP) is 4.11. The second-order valence-corrected chi connectivity index (χ2v) is 5.20. The Morgan fingerprint density at radius 3 is 2.50 bits per heavy atom. The summed E-state index contributed by atoms with van der Waals surface area (Å²) >= 11 is 0. The Bertz CT molecular complexity index is 305. The van der Waals surface area contributed by atoms with E-state index in [1.54, 1.807) is 0 Å². The maximum absolute atomic E-state index is 5.53. The molecule has 1 rings (SSSR count). The van der Waals surface area contributed by atoms with Gasteiger partial charge < -0.3 is 10.1 Å². The van der Waals surface area contributed by atoms with Crippen LogP contribution in [0.3, 0.4) is 0 Å². The van der Waals surface area contributed by atoms with Crippen molar-refractivity contribution in [2.75, 3.05) is 25.1 Å². The van der Waals surface area contributed by atoms with Crippen LogP contribution >= 0.6 is 0 Å². The number of benzene rings is 1. The smallest absolute Gasteiger partial charge is 0.0639 e. The Morgan fingerprint density at radius 2 is 1.89 bits per heavy atom. The zero-order chi connectivity index (χ0) is 13.2. The van der Waals surface area contributed by atoms with E-state index < -0.39 is 0 Å². The number of aryl methyl sites for hydroxylation is 1. The van der Waals surface area contributed by atoms with Gasteiger partial charge in [-0.3, -0.25) is 0 Å². The summed E-state index contributed by atoms with van der Waals surface area (Å²) in [4.78, 5) is 0. The Labute approximate surface area is 112 Å². The molecule has 0 heterocycles. The summed E-state index contributed by atoms with van der Waals surface area (Å²) in [7, 11) is 0. The van der Waals surface area contributed by atoms with Crippen LogP contribution < -0.4 is 5.32 Å². The summed E-state index contributed by atoms with van der Waals surface area (Å²) in [6, 6.07) is 8.75. The second kappa shape index (κ2) is 8.98. The molecule has 0 unspecified atom stereocenters. The van der Waals surface area contributed by atoms with Crippen molar-refractivity contribution < 1.29 is 4.74 Å². The first kappa shape index (κ1) is 15.0. The highest BCUT2D eigenvalue weighted by atomic mass is 16.5. The summed E-state index contributed by atoms with van der Waals surface area (Å²) in [6.07, 6.45) is 3.72. The lowest BCUT2D eigenvalue weighted by Gasteiger charge is -2.09. The molecule has 1 N–H and O–H groups in total. The Kier molecular flexibility index (Phi) is 7.51. The SMILES string of the molecule is CCCCc1ccc(NCCOCC(C)C)cc1. The molecule has 0 fully saturated rings. The highest BCUT2D eigenvalue weighted by Gasteiger charge is 1.96. The van der Waals surface area contributed by atoms with E-state index in [0.717, 1.165) is 19.8 Å². The standard InChI is InChI=1S/C16H27NO/c1-4-5-6-15-7-9-16(10-8-15)17-11-12-18-13-14(2)3/h7-10,14,17H,4-6,11-13H2,1-3H3. The van der Waals surface area contributed by atoms with Gasteiger partial charge in [-0.15, -0.1) is 0 Å². The number of ether oxygens (including phenoxy) is 1. The van der Waals surface area contributed by atoms with Gasteiger partial charge in [0.2, 0.25) is 0 Å². The van der Waals surface area contributed by atoms with E-state index in [9.17, 15) is 0 Å². The molecule has 0 aliphatic rings. The van der Waals surface area contributed by atoms with Crippen LogP contribution in [0.4, 0.5) is 5.69 Å². The van der Waals surface area contributed by atoms with Crippen molar-refractivity contribution in [1.29, 1.82) is 0 Å². The van der Waals surface area contributed by atoms with E-state index in [2.05, 4.69) is 50.4 Å². The zero-order valence-corrected chi connectivity index (χ0v) is 12.0. The lowest BCUT2D eigenvalue weighted by atomic mass is 10.1. The van der Waals surface area contributed by atoms with Crippen molar-refractivity contribution in [2.24, 2.45) is 5.92 Å². The highest BCUT2D eigenvalue weighted by molar-refractivity contribution is 5.44. The monoisotopic (exact) mass is 249 g/mol. The van der Waals surface area contributed by atoms with Crippen molar-refractivity contribution in [3.8, 4) is 0 Å². The largest absolute Gasteiger partial charge is 0.383 e. The van der Waals surface area contributed by atoms with Gasteiger partial charge in [0, 0.05) is 18.8 Å². The fourth-order valence-electron chi connectivity index (χ4n) is 1.76. The first-order valence-electron chi connectivity index (χ1n) is 7.13. The van der Waals surface area contributed by atoms with Gasteiger partial charge in [-0.2, -0.15) is 0 Å². The van der Waals surface area contributed by atoms with Crippen LogP contribution in [0.1, 0.15) is 39.2 Å². The molecule has 2 nitrogen and oxygen atoms in total. The molecular weight excluding hydrogens is 222 g/mol. The topological polar surface area (TPSA) is 21.3 Å². The molecule has 0 atom stereocenters. The Hall–Kier alpha value is -1.02. The third-order valence-electron chi connectivity index (χ3n) is 2.80. The van der Waals surface area contributed by atoms with Gasteiger partial charge in [0.15, 0.2) is 0 Å². The molecule has 0 saturated heterocycles. The summed E-state index contributed by atoms with van der Waals surface area (Å²) < 4.78 is 5.53. The summed E-state index contributed by atoms with van der Waals surface area (Å²) in [5.41, 5.74) is 2.61. The summed E-state index contributed by atoms with van der Waals surface area (Å²) in [5, 5.41) is 3.38. The van der Waals surface area contributed by atoms with Gasteiger partial charge in [0.1, 0.15) is 0 Å². The molecule has 2 heteroatoms. The molecule has 0 radical (unpaired) electrons. The number of rotatable bonds is 9. The van der Waals surface area contributed by atoms with Crippen molar-refractivity contribution in [3.63, 3.8) is 0 Å². The Balaban J connectivity index is 2.18.